The number of rotatable bonds is 2. The lowest BCUT2D eigenvalue weighted by Gasteiger charge is -2.02. The molecule has 0 saturated carbocycles. The summed E-state index contributed by atoms with van der Waals surface area (Å²) in [5.74, 6) is 0.171. The van der Waals surface area contributed by atoms with Crippen LogP contribution in [0.4, 0.5) is 0 Å². The van der Waals surface area contributed by atoms with Gasteiger partial charge in [0.1, 0.15) is 11.5 Å². The van der Waals surface area contributed by atoms with Gasteiger partial charge in [-0.25, -0.2) is 4.79 Å². The molecule has 0 unspecified atom stereocenters. The third kappa shape index (κ3) is 3.04. The molecule has 0 aromatic heterocycles. The maximum absolute atomic E-state index is 10.8. The fourth-order valence-corrected chi connectivity index (χ4v) is 1.41. The molecule has 4 nitrogen and oxygen atoms in total. The van der Waals surface area contributed by atoms with Crippen molar-refractivity contribution in [2.75, 3.05) is 0 Å². The molecule has 1 aromatic rings. The van der Waals surface area contributed by atoms with E-state index in [9.17, 15) is 9.59 Å². The first-order valence-electron chi connectivity index (χ1n) is 5.03. The minimum absolute atomic E-state index is 0.373. The van der Waals surface area contributed by atoms with Gasteiger partial charge in [-0.15, -0.1) is 0 Å². The summed E-state index contributed by atoms with van der Waals surface area (Å²) in [6, 6.07) is 6.94. The summed E-state index contributed by atoms with van der Waals surface area (Å²) in [5.41, 5.74) is 0.790. The fourth-order valence-electron chi connectivity index (χ4n) is 1.41. The molecule has 86 valence electrons. The molecular weight excluding hydrogens is 220 g/mol. The Labute approximate surface area is 98.2 Å². The van der Waals surface area contributed by atoms with Gasteiger partial charge in [-0.3, -0.25) is 4.79 Å². The highest BCUT2D eigenvalue weighted by molar-refractivity contribution is 5.87. The van der Waals surface area contributed by atoms with Crippen molar-refractivity contribution in [1.82, 2.24) is 0 Å². The van der Waals surface area contributed by atoms with E-state index in [2.05, 4.69) is 0 Å². The van der Waals surface area contributed by atoms with Gasteiger partial charge in [-0.05, 0) is 29.8 Å². The van der Waals surface area contributed by atoms with Gasteiger partial charge in [0.05, 0.1) is 0 Å². The van der Waals surface area contributed by atoms with E-state index in [4.69, 9.17) is 9.47 Å². The molecule has 0 radical (unpaired) electrons. The van der Waals surface area contributed by atoms with E-state index < -0.39 is 0 Å². The van der Waals surface area contributed by atoms with Crippen LogP contribution >= 0.6 is 0 Å². The second-order valence-corrected chi connectivity index (χ2v) is 3.47. The first-order valence-corrected chi connectivity index (χ1v) is 5.03. The SMILES string of the molecule is CC(=O)Oc1cccc(/C=C2\C=CC(=O)O2)c1. The van der Waals surface area contributed by atoms with Crippen LogP contribution in [0, 0.1) is 0 Å². The average molecular weight is 230 g/mol. The van der Waals surface area contributed by atoms with Crippen LogP contribution in [-0.4, -0.2) is 11.9 Å². The number of cyclic esters (lactones) is 1. The van der Waals surface area contributed by atoms with E-state index in [0.717, 1.165) is 5.56 Å². The van der Waals surface area contributed by atoms with Crippen molar-refractivity contribution < 1.29 is 19.1 Å². The van der Waals surface area contributed by atoms with Gasteiger partial charge in [0, 0.05) is 13.0 Å². The average Bonchev–Trinajstić information content (AvgIpc) is 2.63. The van der Waals surface area contributed by atoms with Crippen LogP contribution in [0.2, 0.25) is 0 Å². The molecule has 2 rings (SSSR count). The van der Waals surface area contributed by atoms with E-state index in [1.165, 1.54) is 13.0 Å². The predicted molar refractivity (Wildman–Crippen MR) is 61.0 cm³/mol. The van der Waals surface area contributed by atoms with Gasteiger partial charge in [-0.1, -0.05) is 12.1 Å². The van der Waals surface area contributed by atoms with Gasteiger partial charge in [-0.2, -0.15) is 0 Å². The highest BCUT2D eigenvalue weighted by Crippen LogP contribution is 2.18. The Bertz CT molecular complexity index is 526. The largest absolute Gasteiger partial charge is 0.427 e. The Balaban J connectivity index is 2.19. The fraction of sp³-hybridized carbons (Fsp3) is 0.0769. The Morgan fingerprint density at radius 3 is 2.82 bits per heavy atom. The van der Waals surface area contributed by atoms with Crippen LogP contribution in [0.5, 0.6) is 5.75 Å². The molecule has 0 amide bonds. The number of hydrogen-bond acceptors (Lipinski definition) is 4. The summed E-state index contributed by atoms with van der Waals surface area (Å²) in [4.78, 5) is 21.6. The molecule has 0 atom stereocenters. The number of allylic oxidation sites excluding steroid dienone is 1. The number of esters is 2. The van der Waals surface area contributed by atoms with Crippen molar-refractivity contribution in [2.24, 2.45) is 0 Å². The minimum Gasteiger partial charge on any atom is -0.427 e. The lowest BCUT2D eigenvalue weighted by Crippen LogP contribution is -2.01. The highest BCUT2D eigenvalue weighted by Gasteiger charge is 2.09. The molecule has 1 aliphatic heterocycles. The summed E-state index contributed by atoms with van der Waals surface area (Å²) in [6.07, 6.45) is 4.62. The molecule has 0 aliphatic carbocycles. The summed E-state index contributed by atoms with van der Waals surface area (Å²) in [6.45, 7) is 1.34. The van der Waals surface area contributed by atoms with E-state index in [1.807, 2.05) is 6.07 Å². The first-order chi connectivity index (χ1) is 8.13. The van der Waals surface area contributed by atoms with Gasteiger partial charge in [0.15, 0.2) is 0 Å². The molecule has 0 spiro atoms. The Morgan fingerprint density at radius 1 is 1.35 bits per heavy atom. The molecule has 1 heterocycles. The highest BCUT2D eigenvalue weighted by atomic mass is 16.5. The first kappa shape index (κ1) is 11.1. The van der Waals surface area contributed by atoms with Gasteiger partial charge >= 0.3 is 11.9 Å². The lowest BCUT2D eigenvalue weighted by atomic mass is 10.2. The number of ether oxygens (including phenoxy) is 2. The molecule has 0 N–H and O–H groups in total. The molecule has 0 bridgehead atoms. The van der Waals surface area contributed by atoms with Crippen molar-refractivity contribution in [3.63, 3.8) is 0 Å². The molecular formula is C13H10O4. The van der Waals surface area contributed by atoms with Gasteiger partial charge in [0.25, 0.3) is 0 Å². The quantitative estimate of drug-likeness (QED) is 0.576. The van der Waals surface area contributed by atoms with Crippen molar-refractivity contribution in [1.29, 1.82) is 0 Å². The smallest absolute Gasteiger partial charge is 0.336 e. The zero-order valence-corrected chi connectivity index (χ0v) is 9.17. The maximum atomic E-state index is 10.8. The minimum atomic E-state index is -0.382. The van der Waals surface area contributed by atoms with Crippen molar-refractivity contribution >= 4 is 18.0 Å². The number of carbonyl (C=O) groups is 2. The van der Waals surface area contributed by atoms with Crippen molar-refractivity contribution in [3.05, 3.63) is 47.7 Å². The molecule has 1 aromatic carbocycles. The van der Waals surface area contributed by atoms with E-state index in [0.29, 0.717) is 11.5 Å². The molecule has 4 heteroatoms. The number of carbonyl (C=O) groups excluding carboxylic acids is 2. The summed E-state index contributed by atoms with van der Waals surface area (Å²) in [5, 5.41) is 0. The topological polar surface area (TPSA) is 52.6 Å². The van der Waals surface area contributed by atoms with Crippen LogP contribution in [0.15, 0.2) is 42.2 Å². The van der Waals surface area contributed by atoms with Gasteiger partial charge in [0.2, 0.25) is 0 Å². The maximum Gasteiger partial charge on any atom is 0.336 e. The second-order valence-electron chi connectivity index (χ2n) is 3.47. The third-order valence-corrected chi connectivity index (χ3v) is 2.03. The summed E-state index contributed by atoms with van der Waals surface area (Å²) in [7, 11) is 0. The normalized spacial score (nSPS) is 16.1. The van der Waals surface area contributed by atoms with E-state index in [-0.39, 0.29) is 11.9 Å². The molecule has 1 aliphatic rings. The lowest BCUT2D eigenvalue weighted by molar-refractivity contribution is -0.132. The van der Waals surface area contributed by atoms with E-state index >= 15 is 0 Å². The summed E-state index contributed by atoms with van der Waals surface area (Å²) >= 11 is 0. The molecule has 17 heavy (non-hydrogen) atoms. The van der Waals surface area contributed by atoms with Crippen molar-refractivity contribution in [3.8, 4) is 5.75 Å². The predicted octanol–water partition coefficient (Wildman–Crippen LogP) is 2.07. The van der Waals surface area contributed by atoms with E-state index in [1.54, 1.807) is 30.4 Å². The monoisotopic (exact) mass is 230 g/mol. The third-order valence-electron chi connectivity index (χ3n) is 2.03. The molecule has 0 saturated heterocycles. The molecule has 0 fully saturated rings. The summed E-state index contributed by atoms with van der Waals surface area (Å²) < 4.78 is 9.84. The zero-order chi connectivity index (χ0) is 12.3. The van der Waals surface area contributed by atoms with Crippen LogP contribution in [0.3, 0.4) is 0 Å². The van der Waals surface area contributed by atoms with Crippen LogP contribution in [0.1, 0.15) is 12.5 Å². The Morgan fingerprint density at radius 2 is 2.18 bits per heavy atom. The van der Waals surface area contributed by atoms with Crippen LogP contribution in [-0.2, 0) is 14.3 Å². The van der Waals surface area contributed by atoms with Crippen LogP contribution in [0.25, 0.3) is 6.08 Å². The Hall–Kier alpha value is -2.36. The van der Waals surface area contributed by atoms with Crippen LogP contribution < -0.4 is 4.74 Å². The zero-order valence-electron chi connectivity index (χ0n) is 9.17. The van der Waals surface area contributed by atoms with Gasteiger partial charge < -0.3 is 9.47 Å². The standard InChI is InChI=1S/C13H10O4/c1-9(14)16-11-4-2-3-10(7-11)8-12-5-6-13(15)17-12/h2-8H,1H3/b12-8+. The van der Waals surface area contributed by atoms with Crippen molar-refractivity contribution in [2.45, 2.75) is 6.92 Å². The number of hydrogen-bond donors (Lipinski definition) is 0. The number of benzene rings is 1. The Kier molecular flexibility index (Phi) is 3.05. The second kappa shape index (κ2) is 4.65.